The summed E-state index contributed by atoms with van der Waals surface area (Å²) in [5, 5.41) is 15.6. The fraction of sp³-hybridized carbons (Fsp3) is 0.457. The molecular weight excluding hydrogens is 571 g/mol. The summed E-state index contributed by atoms with van der Waals surface area (Å²) in [5.74, 6) is 2.87. The van der Waals surface area contributed by atoms with Crippen LogP contribution in [0.3, 0.4) is 0 Å². The van der Waals surface area contributed by atoms with Crippen molar-refractivity contribution in [1.29, 1.82) is 0 Å². The minimum atomic E-state index is -0.483. The first-order valence-electron chi connectivity index (χ1n) is 15.9. The number of benzene rings is 2. The van der Waals surface area contributed by atoms with Gasteiger partial charge in [-0.25, -0.2) is 9.37 Å². The normalized spacial score (nSPS) is 22.6. The number of rotatable bonds is 7. The number of terminal acetylenes is 1. The Morgan fingerprint density at radius 3 is 2.60 bits per heavy atom. The fourth-order valence-corrected chi connectivity index (χ4v) is 7.40. The summed E-state index contributed by atoms with van der Waals surface area (Å²) in [6, 6.07) is 9.30. The first-order valence-corrected chi connectivity index (χ1v) is 15.9. The standard InChI is InChI=1S/C35H37FN6O3/c1-3-26-29(36)7-4-22-14-25(43)15-28(31(22)26)27-16-30-32(37-21(27)2)33(42-17-23-5-6-24(18-42)38-23)40-34(39-30)45-20-35(8-9-35)19-41-10-12-44-13-11-41/h1,4,7,14-16,23-24,38,43H,5-6,8-13,17-20H2,2H3. The van der Waals surface area contributed by atoms with Crippen LogP contribution in [0.2, 0.25) is 0 Å². The van der Waals surface area contributed by atoms with Crippen molar-refractivity contribution in [1.82, 2.24) is 25.2 Å². The second-order valence-corrected chi connectivity index (χ2v) is 13.2. The van der Waals surface area contributed by atoms with E-state index < -0.39 is 5.82 Å². The minimum Gasteiger partial charge on any atom is -0.508 e. The summed E-state index contributed by atoms with van der Waals surface area (Å²) in [4.78, 5) is 19.7. The van der Waals surface area contributed by atoms with Crippen LogP contribution in [-0.2, 0) is 4.74 Å². The summed E-state index contributed by atoms with van der Waals surface area (Å²) < 4.78 is 26.9. The average molecular weight is 609 g/mol. The van der Waals surface area contributed by atoms with Gasteiger partial charge in [0.05, 0.1) is 30.9 Å². The Kier molecular flexibility index (Phi) is 7.01. The lowest BCUT2D eigenvalue weighted by Gasteiger charge is -2.34. The predicted molar refractivity (Wildman–Crippen MR) is 171 cm³/mol. The number of piperazine rings is 1. The minimum absolute atomic E-state index is 0.0604. The van der Waals surface area contributed by atoms with Crippen LogP contribution in [0.15, 0.2) is 30.3 Å². The molecule has 4 aromatic rings. The summed E-state index contributed by atoms with van der Waals surface area (Å²) >= 11 is 0. The lowest BCUT2D eigenvalue weighted by atomic mass is 9.93. The number of morpholine rings is 1. The lowest BCUT2D eigenvalue weighted by molar-refractivity contribution is 0.0231. The van der Waals surface area contributed by atoms with E-state index >= 15 is 0 Å². The van der Waals surface area contributed by atoms with Crippen LogP contribution in [0.5, 0.6) is 11.8 Å². The molecule has 0 amide bonds. The third-order valence-electron chi connectivity index (χ3n) is 9.95. The number of hydrogen-bond acceptors (Lipinski definition) is 9. The highest BCUT2D eigenvalue weighted by atomic mass is 19.1. The van der Waals surface area contributed by atoms with E-state index in [4.69, 9.17) is 30.8 Å². The van der Waals surface area contributed by atoms with Crippen molar-refractivity contribution in [2.24, 2.45) is 5.41 Å². The third kappa shape index (κ3) is 5.33. The van der Waals surface area contributed by atoms with Crippen LogP contribution in [0, 0.1) is 30.5 Å². The summed E-state index contributed by atoms with van der Waals surface area (Å²) in [6.45, 7) is 8.59. The zero-order valence-electron chi connectivity index (χ0n) is 25.5. The SMILES string of the molecule is C#Cc1c(F)ccc2cc(O)cc(-c3cc4nc(OCC5(CN6CCOCC6)CC5)nc(N5CC6CCC(C5)N6)c4nc3C)c12. The number of nitrogens with zero attached hydrogens (tertiary/aromatic N) is 5. The van der Waals surface area contributed by atoms with Crippen molar-refractivity contribution in [3.8, 4) is 35.2 Å². The van der Waals surface area contributed by atoms with Gasteiger partial charge >= 0.3 is 6.01 Å². The highest BCUT2D eigenvalue weighted by Gasteiger charge is 2.45. The quantitative estimate of drug-likeness (QED) is 0.296. The molecule has 2 N–H and O–H groups in total. The molecule has 2 atom stereocenters. The molecule has 10 heteroatoms. The molecule has 1 aliphatic carbocycles. The Morgan fingerprint density at radius 1 is 1.09 bits per heavy atom. The van der Waals surface area contributed by atoms with Gasteiger partial charge in [0.15, 0.2) is 5.82 Å². The van der Waals surface area contributed by atoms with Gasteiger partial charge in [-0.2, -0.15) is 9.97 Å². The number of fused-ring (bicyclic) bond motifs is 4. The van der Waals surface area contributed by atoms with E-state index in [1.54, 1.807) is 18.2 Å². The fourth-order valence-electron chi connectivity index (χ4n) is 7.40. The second kappa shape index (κ2) is 11.1. The van der Waals surface area contributed by atoms with Gasteiger partial charge in [-0.05, 0) is 67.8 Å². The number of aromatic hydroxyl groups is 1. The number of anilines is 1. The number of phenols is 1. The van der Waals surface area contributed by atoms with E-state index in [9.17, 15) is 9.50 Å². The van der Waals surface area contributed by atoms with E-state index in [1.165, 1.54) is 6.07 Å². The molecule has 45 heavy (non-hydrogen) atoms. The van der Waals surface area contributed by atoms with E-state index in [-0.39, 0.29) is 16.7 Å². The Balaban J connectivity index is 1.22. The second-order valence-electron chi connectivity index (χ2n) is 13.2. The van der Waals surface area contributed by atoms with Gasteiger partial charge in [0, 0.05) is 66.9 Å². The first-order chi connectivity index (χ1) is 21.9. The van der Waals surface area contributed by atoms with Gasteiger partial charge in [-0.3, -0.25) is 4.90 Å². The zero-order valence-corrected chi connectivity index (χ0v) is 25.5. The number of hydrogen-bond donors (Lipinski definition) is 2. The molecule has 4 aliphatic rings. The summed E-state index contributed by atoms with van der Waals surface area (Å²) in [7, 11) is 0. The van der Waals surface area contributed by atoms with Crippen molar-refractivity contribution in [3.05, 3.63) is 47.4 Å². The van der Waals surface area contributed by atoms with Crippen LogP contribution in [0.25, 0.3) is 32.9 Å². The predicted octanol–water partition coefficient (Wildman–Crippen LogP) is 4.41. The van der Waals surface area contributed by atoms with Gasteiger partial charge in [0.25, 0.3) is 0 Å². The summed E-state index contributed by atoms with van der Waals surface area (Å²) in [5.41, 5.74) is 3.63. The Labute approximate surface area is 261 Å². The number of halogens is 1. The van der Waals surface area contributed by atoms with E-state index in [0.29, 0.717) is 63.3 Å². The number of aryl methyl sites for hydroxylation is 1. The maximum Gasteiger partial charge on any atom is 0.319 e. The van der Waals surface area contributed by atoms with Crippen molar-refractivity contribution in [3.63, 3.8) is 0 Å². The number of aromatic nitrogens is 3. The average Bonchev–Trinajstić information content (AvgIpc) is 3.73. The number of phenolic OH excluding ortho intramolecular Hbond substituents is 1. The van der Waals surface area contributed by atoms with Gasteiger partial charge in [0.1, 0.15) is 17.1 Å². The molecule has 1 saturated carbocycles. The molecule has 2 unspecified atom stereocenters. The highest BCUT2D eigenvalue weighted by Crippen LogP contribution is 2.47. The first kappa shape index (κ1) is 28.4. The molecule has 0 spiro atoms. The highest BCUT2D eigenvalue weighted by molar-refractivity contribution is 6.03. The zero-order chi connectivity index (χ0) is 30.7. The van der Waals surface area contributed by atoms with Crippen LogP contribution < -0.4 is 15.0 Å². The number of nitrogens with one attached hydrogen (secondary N) is 1. The Hall–Kier alpha value is -4.04. The van der Waals surface area contributed by atoms with E-state index in [0.717, 1.165) is 77.4 Å². The van der Waals surface area contributed by atoms with Crippen LogP contribution in [0.1, 0.15) is 36.9 Å². The maximum atomic E-state index is 14.9. The van der Waals surface area contributed by atoms with Crippen molar-refractivity contribution in [2.45, 2.75) is 44.7 Å². The summed E-state index contributed by atoms with van der Waals surface area (Å²) in [6.07, 6.45) is 10.3. The van der Waals surface area contributed by atoms with Gasteiger partial charge in [-0.1, -0.05) is 12.0 Å². The third-order valence-corrected chi connectivity index (χ3v) is 9.95. The molecule has 2 aromatic carbocycles. The molecule has 232 valence electrons. The van der Waals surface area contributed by atoms with E-state index in [2.05, 4.69) is 21.0 Å². The number of pyridine rings is 1. The Bertz CT molecular complexity index is 1840. The van der Waals surface area contributed by atoms with Gasteiger partial charge in [0.2, 0.25) is 0 Å². The molecular formula is C35H37FN6O3. The molecule has 4 fully saturated rings. The molecule has 3 aliphatic heterocycles. The smallest absolute Gasteiger partial charge is 0.319 e. The monoisotopic (exact) mass is 608 g/mol. The van der Waals surface area contributed by atoms with Gasteiger partial charge < -0.3 is 24.8 Å². The molecule has 0 radical (unpaired) electrons. The molecule has 9 nitrogen and oxygen atoms in total. The Morgan fingerprint density at radius 2 is 1.87 bits per heavy atom. The molecule has 2 bridgehead atoms. The molecule has 8 rings (SSSR count). The topological polar surface area (TPSA) is 95.9 Å². The lowest BCUT2D eigenvalue weighted by Crippen LogP contribution is -2.51. The van der Waals surface area contributed by atoms with Crippen molar-refractivity contribution < 1.29 is 19.0 Å². The molecule has 3 saturated heterocycles. The van der Waals surface area contributed by atoms with Crippen LogP contribution in [-0.4, -0.2) is 89.6 Å². The largest absolute Gasteiger partial charge is 0.508 e. The maximum absolute atomic E-state index is 14.9. The van der Waals surface area contributed by atoms with Crippen LogP contribution in [0.4, 0.5) is 10.2 Å². The van der Waals surface area contributed by atoms with Crippen molar-refractivity contribution >= 4 is 27.6 Å². The van der Waals surface area contributed by atoms with Crippen molar-refractivity contribution in [2.75, 3.05) is 57.4 Å². The molecule has 5 heterocycles. The number of ether oxygens (including phenoxy) is 2. The van der Waals surface area contributed by atoms with E-state index in [1.807, 2.05) is 13.0 Å². The molecule has 2 aromatic heterocycles. The van der Waals surface area contributed by atoms with Crippen LogP contribution >= 0.6 is 0 Å². The van der Waals surface area contributed by atoms with Gasteiger partial charge in [-0.15, -0.1) is 6.42 Å².